The molecule has 0 saturated heterocycles. The van der Waals surface area contributed by atoms with Gasteiger partial charge < -0.3 is 15.0 Å². The highest BCUT2D eigenvalue weighted by molar-refractivity contribution is 5.89. The van der Waals surface area contributed by atoms with Crippen molar-refractivity contribution in [3.05, 3.63) is 18.0 Å². The number of hydrogen-bond donors (Lipinski definition) is 1. The van der Waals surface area contributed by atoms with Gasteiger partial charge >= 0.3 is 5.97 Å². The molecule has 0 spiro atoms. The Kier molecular flexibility index (Phi) is 3.94. The van der Waals surface area contributed by atoms with E-state index in [0.29, 0.717) is 17.3 Å². The first-order valence-electron chi connectivity index (χ1n) is 6.78. The van der Waals surface area contributed by atoms with Gasteiger partial charge in [0.1, 0.15) is 11.8 Å². The molecule has 1 fully saturated rings. The lowest BCUT2D eigenvalue weighted by Gasteiger charge is -2.28. The van der Waals surface area contributed by atoms with Crippen molar-refractivity contribution in [1.29, 1.82) is 0 Å². The Morgan fingerprint density at radius 3 is 2.89 bits per heavy atom. The van der Waals surface area contributed by atoms with E-state index in [4.69, 9.17) is 10.5 Å². The summed E-state index contributed by atoms with van der Waals surface area (Å²) in [5.74, 6) is 0.220. The molecule has 0 radical (unpaired) electrons. The molecule has 0 aromatic carbocycles. The Balaban J connectivity index is 2.06. The zero-order valence-electron chi connectivity index (χ0n) is 11.2. The van der Waals surface area contributed by atoms with Crippen molar-refractivity contribution >= 4 is 11.7 Å². The minimum absolute atomic E-state index is 0.0627. The van der Waals surface area contributed by atoms with Crippen LogP contribution in [0, 0.1) is 5.92 Å². The van der Waals surface area contributed by atoms with Crippen LogP contribution < -0.4 is 5.73 Å². The summed E-state index contributed by atoms with van der Waals surface area (Å²) in [5, 5.41) is 0. The molecule has 1 heterocycles. The first kappa shape index (κ1) is 13.0. The van der Waals surface area contributed by atoms with Gasteiger partial charge in [-0.3, -0.25) is 0 Å². The lowest BCUT2D eigenvalue weighted by atomic mass is 9.88. The minimum atomic E-state index is -0.243. The first-order chi connectivity index (χ1) is 8.61. The smallest absolute Gasteiger partial charge is 0.355 e. The third kappa shape index (κ3) is 2.68. The summed E-state index contributed by atoms with van der Waals surface area (Å²) in [6.45, 7) is 4.87. The fourth-order valence-electron chi connectivity index (χ4n) is 2.62. The number of hydrogen-bond acceptors (Lipinski definition) is 3. The standard InChI is InChI=1S/C14H22N2O2/c1-3-16-9-11(15)8-12(16)14(17)18-13-7-5-4-6-10(13)2/h8-10,13H,3-7,15H2,1-2H3. The largest absolute Gasteiger partial charge is 0.457 e. The predicted octanol–water partition coefficient (Wildman–Crippen LogP) is 2.83. The van der Waals surface area contributed by atoms with Crippen molar-refractivity contribution in [1.82, 2.24) is 4.57 Å². The van der Waals surface area contributed by atoms with Crippen LogP contribution in [0.1, 0.15) is 50.0 Å². The number of rotatable bonds is 3. The molecule has 0 aliphatic heterocycles. The topological polar surface area (TPSA) is 57.2 Å². The van der Waals surface area contributed by atoms with E-state index in [1.165, 1.54) is 6.42 Å². The van der Waals surface area contributed by atoms with Crippen LogP contribution in [0.3, 0.4) is 0 Å². The van der Waals surface area contributed by atoms with Crippen LogP contribution in [0.4, 0.5) is 5.69 Å². The third-order valence-electron chi connectivity index (χ3n) is 3.76. The number of aromatic nitrogens is 1. The van der Waals surface area contributed by atoms with E-state index in [2.05, 4.69) is 6.92 Å². The number of nitrogen functional groups attached to an aromatic ring is 1. The molecule has 1 saturated carbocycles. The van der Waals surface area contributed by atoms with E-state index in [9.17, 15) is 4.79 Å². The summed E-state index contributed by atoms with van der Waals surface area (Å²) < 4.78 is 7.47. The van der Waals surface area contributed by atoms with Gasteiger partial charge in [0.15, 0.2) is 0 Å². The van der Waals surface area contributed by atoms with E-state index in [1.54, 1.807) is 12.3 Å². The van der Waals surface area contributed by atoms with Gasteiger partial charge in [-0.05, 0) is 38.2 Å². The second kappa shape index (κ2) is 5.46. The van der Waals surface area contributed by atoms with Gasteiger partial charge in [0.25, 0.3) is 0 Å². The van der Waals surface area contributed by atoms with Crippen LogP contribution in [0.2, 0.25) is 0 Å². The fraction of sp³-hybridized carbons (Fsp3) is 0.643. The van der Waals surface area contributed by atoms with Crippen molar-refractivity contribution in [2.24, 2.45) is 5.92 Å². The molecule has 1 aliphatic carbocycles. The molecule has 2 atom stereocenters. The normalized spacial score (nSPS) is 23.9. The van der Waals surface area contributed by atoms with Gasteiger partial charge in [0.2, 0.25) is 0 Å². The van der Waals surface area contributed by atoms with Crippen molar-refractivity contribution in [2.75, 3.05) is 5.73 Å². The molecular formula is C14H22N2O2. The average molecular weight is 250 g/mol. The SMILES string of the molecule is CCn1cc(N)cc1C(=O)OC1CCCCC1C. The molecule has 1 aliphatic rings. The van der Waals surface area contributed by atoms with Crippen molar-refractivity contribution in [3.63, 3.8) is 0 Å². The number of carbonyl (C=O) groups is 1. The number of nitrogens with two attached hydrogens (primary N) is 1. The Hall–Kier alpha value is -1.45. The Labute approximate surface area is 108 Å². The molecule has 1 aromatic rings. The van der Waals surface area contributed by atoms with Crippen LogP contribution in [0.15, 0.2) is 12.3 Å². The predicted molar refractivity (Wildman–Crippen MR) is 71.4 cm³/mol. The van der Waals surface area contributed by atoms with Gasteiger partial charge in [-0.2, -0.15) is 0 Å². The highest BCUT2D eigenvalue weighted by atomic mass is 16.5. The molecule has 2 N–H and O–H groups in total. The molecule has 2 rings (SSSR count). The molecule has 0 bridgehead atoms. The lowest BCUT2D eigenvalue weighted by Crippen LogP contribution is -2.29. The van der Waals surface area contributed by atoms with E-state index in [1.807, 2.05) is 11.5 Å². The van der Waals surface area contributed by atoms with Crippen molar-refractivity contribution < 1.29 is 9.53 Å². The number of nitrogens with zero attached hydrogens (tertiary/aromatic N) is 1. The maximum Gasteiger partial charge on any atom is 0.355 e. The summed E-state index contributed by atoms with van der Waals surface area (Å²) in [5.41, 5.74) is 6.90. The molecule has 4 heteroatoms. The van der Waals surface area contributed by atoms with Crippen LogP contribution in [0.25, 0.3) is 0 Å². The summed E-state index contributed by atoms with van der Waals surface area (Å²) in [7, 11) is 0. The molecular weight excluding hydrogens is 228 g/mol. The number of carbonyl (C=O) groups excluding carboxylic acids is 1. The number of aryl methyl sites for hydroxylation is 1. The lowest BCUT2D eigenvalue weighted by molar-refractivity contribution is 0.00375. The van der Waals surface area contributed by atoms with Gasteiger partial charge in [-0.15, -0.1) is 0 Å². The van der Waals surface area contributed by atoms with Crippen LogP contribution in [0.5, 0.6) is 0 Å². The molecule has 4 nitrogen and oxygen atoms in total. The quantitative estimate of drug-likeness (QED) is 0.839. The van der Waals surface area contributed by atoms with Crippen LogP contribution >= 0.6 is 0 Å². The Morgan fingerprint density at radius 1 is 1.50 bits per heavy atom. The zero-order valence-corrected chi connectivity index (χ0v) is 11.2. The third-order valence-corrected chi connectivity index (χ3v) is 3.76. The van der Waals surface area contributed by atoms with Crippen molar-refractivity contribution in [2.45, 2.75) is 52.2 Å². The highest BCUT2D eigenvalue weighted by Gasteiger charge is 2.26. The first-order valence-corrected chi connectivity index (χ1v) is 6.78. The second-order valence-corrected chi connectivity index (χ2v) is 5.15. The zero-order chi connectivity index (χ0) is 13.1. The molecule has 100 valence electrons. The van der Waals surface area contributed by atoms with Gasteiger partial charge in [-0.1, -0.05) is 13.3 Å². The van der Waals surface area contributed by atoms with E-state index < -0.39 is 0 Å². The van der Waals surface area contributed by atoms with Gasteiger partial charge in [-0.25, -0.2) is 4.79 Å². The Morgan fingerprint density at radius 2 is 2.22 bits per heavy atom. The minimum Gasteiger partial charge on any atom is -0.457 e. The summed E-state index contributed by atoms with van der Waals surface area (Å²) >= 11 is 0. The average Bonchev–Trinajstić information content (AvgIpc) is 2.73. The monoisotopic (exact) mass is 250 g/mol. The van der Waals surface area contributed by atoms with E-state index in [0.717, 1.165) is 25.8 Å². The van der Waals surface area contributed by atoms with E-state index >= 15 is 0 Å². The number of esters is 1. The summed E-state index contributed by atoms with van der Waals surface area (Å²) in [6, 6.07) is 1.69. The van der Waals surface area contributed by atoms with Crippen LogP contribution in [-0.2, 0) is 11.3 Å². The number of ether oxygens (including phenoxy) is 1. The molecule has 2 unspecified atom stereocenters. The summed E-state index contributed by atoms with van der Waals surface area (Å²) in [4.78, 5) is 12.2. The van der Waals surface area contributed by atoms with Crippen molar-refractivity contribution in [3.8, 4) is 0 Å². The van der Waals surface area contributed by atoms with Gasteiger partial charge in [0, 0.05) is 12.7 Å². The maximum atomic E-state index is 12.2. The summed E-state index contributed by atoms with van der Waals surface area (Å²) in [6.07, 6.45) is 6.37. The second-order valence-electron chi connectivity index (χ2n) is 5.15. The highest BCUT2D eigenvalue weighted by Crippen LogP contribution is 2.27. The molecule has 18 heavy (non-hydrogen) atoms. The maximum absolute atomic E-state index is 12.2. The fourth-order valence-corrected chi connectivity index (χ4v) is 2.62. The van der Waals surface area contributed by atoms with Gasteiger partial charge in [0.05, 0.1) is 5.69 Å². The number of anilines is 1. The molecule has 0 amide bonds. The van der Waals surface area contributed by atoms with Crippen LogP contribution in [-0.4, -0.2) is 16.6 Å². The van der Waals surface area contributed by atoms with E-state index in [-0.39, 0.29) is 12.1 Å². The molecule has 1 aromatic heterocycles. The Bertz CT molecular complexity index is 425.